The third kappa shape index (κ3) is 5.77. The van der Waals surface area contributed by atoms with Gasteiger partial charge in [-0.3, -0.25) is 0 Å². The summed E-state index contributed by atoms with van der Waals surface area (Å²) < 4.78 is 2.73. The molecule has 272 valence electrons. The maximum atomic E-state index is 4.78. The van der Waals surface area contributed by atoms with Crippen molar-refractivity contribution in [3.63, 3.8) is 0 Å². The van der Waals surface area contributed by atoms with Crippen LogP contribution in [-0.2, 0) is 6.42 Å². The van der Waals surface area contributed by atoms with Gasteiger partial charge in [-0.2, -0.15) is 0 Å². The van der Waals surface area contributed by atoms with E-state index in [1.165, 1.54) is 75.3 Å². The molecule has 11 rings (SSSR count). The van der Waals surface area contributed by atoms with E-state index in [-0.39, 0.29) is 14.5 Å². The summed E-state index contributed by atoms with van der Waals surface area (Å²) in [6.45, 7) is 0. The van der Waals surface area contributed by atoms with E-state index in [0.717, 1.165) is 39.9 Å². The second-order valence-corrected chi connectivity index (χ2v) is 16.9. The van der Waals surface area contributed by atoms with E-state index in [1.807, 2.05) is 6.07 Å². The fraction of sp³-hybridized carbons (Fsp3) is 0.0185. The number of nitrogens with zero attached hydrogens (tertiary/aromatic N) is 3. The van der Waals surface area contributed by atoms with Crippen LogP contribution in [0.15, 0.2) is 200 Å². The normalized spacial score (nSPS) is 11.7. The first kappa shape index (κ1) is 34.3. The van der Waals surface area contributed by atoms with Gasteiger partial charge >= 0.3 is 345 Å². The molecule has 0 saturated carbocycles. The Morgan fingerprint density at radius 3 is 1.64 bits per heavy atom. The van der Waals surface area contributed by atoms with Gasteiger partial charge in [0, 0.05) is 0 Å². The predicted molar refractivity (Wildman–Crippen MR) is 241 cm³/mol. The maximum absolute atomic E-state index is 4.78. The zero-order valence-corrected chi connectivity index (χ0v) is 33.2. The quantitative estimate of drug-likeness (QED) is 0.151. The molecule has 1 aliphatic carbocycles. The van der Waals surface area contributed by atoms with Gasteiger partial charge in [0.2, 0.25) is 0 Å². The molecule has 0 spiro atoms. The number of rotatable bonds is 7. The number of hydrogen-bond donors (Lipinski definition) is 0. The van der Waals surface area contributed by atoms with Crippen LogP contribution in [0.4, 0.5) is 0 Å². The average Bonchev–Trinajstić information content (AvgIpc) is 3.88. The molecule has 3 nitrogen and oxygen atoms in total. The first-order valence-electron chi connectivity index (χ1n) is 19.7. The van der Waals surface area contributed by atoms with Gasteiger partial charge in [-0.05, 0) is 0 Å². The second kappa shape index (κ2) is 14.5. The zero-order valence-electron chi connectivity index (χ0n) is 31.5. The third-order valence-electron chi connectivity index (χ3n) is 11.5. The van der Waals surface area contributed by atoms with E-state index < -0.39 is 0 Å². The molecule has 0 N–H and O–H groups in total. The van der Waals surface area contributed by atoms with E-state index in [4.69, 9.17) is 5.10 Å². The van der Waals surface area contributed by atoms with Crippen LogP contribution in [0.25, 0.3) is 97.7 Å². The summed E-state index contributed by atoms with van der Waals surface area (Å²) in [5.41, 5.74) is 20.6. The molecule has 2 aromatic heterocycles. The predicted octanol–water partition coefficient (Wildman–Crippen LogP) is 13.3. The monoisotopic (exact) mass is 805 g/mol. The summed E-state index contributed by atoms with van der Waals surface area (Å²) >= 11 is -0.0294. The Morgan fingerprint density at radius 2 is 0.966 bits per heavy atom. The molecular formula is C54H35N3Se. The molecule has 0 atom stereocenters. The Morgan fingerprint density at radius 1 is 0.397 bits per heavy atom. The average molecular weight is 805 g/mol. The van der Waals surface area contributed by atoms with Gasteiger partial charge in [0.15, 0.2) is 0 Å². The molecule has 0 bridgehead atoms. The van der Waals surface area contributed by atoms with Crippen molar-refractivity contribution in [2.24, 2.45) is 0 Å². The van der Waals surface area contributed by atoms with Gasteiger partial charge in [0.1, 0.15) is 0 Å². The first-order valence-corrected chi connectivity index (χ1v) is 21.4. The molecule has 0 radical (unpaired) electrons. The van der Waals surface area contributed by atoms with Crippen molar-refractivity contribution < 1.29 is 0 Å². The summed E-state index contributed by atoms with van der Waals surface area (Å²) in [6.07, 6.45) is 2.63. The molecule has 0 fully saturated rings. The standard InChI is InChI=1S/C54H35N3Se/c1-5-17-35(18-6-1)41-29-30-43(51(47-31-32-55-57-56-47)49(41)37-21-9-3-10-22-37)54-53(42-27-15-16-28-48(42)58-54)52-46-33-39-25-13-14-26-40(39)45(46)34-44(36-19-7-2-8-20-36)50(52)38-23-11-4-12-24-38/h1-32,34H,33H2. The van der Waals surface area contributed by atoms with Crippen molar-refractivity contribution in [3.05, 3.63) is 211 Å². The van der Waals surface area contributed by atoms with Gasteiger partial charge in [0.05, 0.1) is 0 Å². The number of benzene rings is 8. The van der Waals surface area contributed by atoms with Gasteiger partial charge in [-0.1, -0.05) is 0 Å². The Kier molecular flexibility index (Phi) is 8.58. The van der Waals surface area contributed by atoms with Crippen molar-refractivity contribution in [2.45, 2.75) is 6.42 Å². The molecular weight excluding hydrogens is 770 g/mol. The summed E-state index contributed by atoms with van der Waals surface area (Å²) in [7, 11) is 0. The second-order valence-electron chi connectivity index (χ2n) is 14.7. The van der Waals surface area contributed by atoms with Crippen molar-refractivity contribution in [3.8, 4) is 88.0 Å². The minimum absolute atomic E-state index is 0.0294. The topological polar surface area (TPSA) is 38.7 Å². The summed E-state index contributed by atoms with van der Waals surface area (Å²) in [6, 6.07) is 70.7. The van der Waals surface area contributed by atoms with E-state index in [9.17, 15) is 0 Å². The Hall–Kier alpha value is -6.97. The molecule has 0 aliphatic heterocycles. The molecule has 0 unspecified atom stereocenters. The zero-order chi connectivity index (χ0) is 38.4. The fourth-order valence-corrected chi connectivity index (χ4v) is 11.6. The molecule has 10 aromatic rings. The minimum atomic E-state index is -0.0294. The number of fused-ring (bicyclic) bond motifs is 4. The summed E-state index contributed by atoms with van der Waals surface area (Å²) in [5.74, 6) is 0. The van der Waals surface area contributed by atoms with Crippen LogP contribution >= 0.6 is 0 Å². The molecule has 58 heavy (non-hydrogen) atoms. The Labute approximate surface area is 343 Å². The van der Waals surface area contributed by atoms with Gasteiger partial charge in [-0.25, -0.2) is 0 Å². The van der Waals surface area contributed by atoms with Crippen LogP contribution in [0.2, 0.25) is 0 Å². The molecule has 2 heterocycles. The van der Waals surface area contributed by atoms with Crippen LogP contribution in [0.5, 0.6) is 0 Å². The van der Waals surface area contributed by atoms with Crippen molar-refractivity contribution >= 4 is 24.1 Å². The van der Waals surface area contributed by atoms with Crippen molar-refractivity contribution in [2.75, 3.05) is 0 Å². The molecule has 8 aromatic carbocycles. The number of aromatic nitrogens is 3. The Bertz CT molecular complexity index is 3100. The van der Waals surface area contributed by atoms with Gasteiger partial charge in [-0.15, -0.1) is 0 Å². The number of hydrogen-bond acceptors (Lipinski definition) is 3. The molecule has 0 amide bonds. The van der Waals surface area contributed by atoms with E-state index in [2.05, 4.69) is 198 Å². The van der Waals surface area contributed by atoms with Crippen LogP contribution in [0.3, 0.4) is 0 Å². The SMILES string of the molecule is c1ccc(-c2ccc(-c3[se]c4ccccc4c3-c3c4c(cc(-c5ccccc5)c3-c3ccccc3)-c3ccccc3C4)c(-c3ccnnn3)c2-c2ccccc2)cc1. The molecule has 0 saturated heterocycles. The Balaban J connectivity index is 1.32. The molecule has 4 heteroatoms. The van der Waals surface area contributed by atoms with Crippen molar-refractivity contribution in [1.82, 2.24) is 15.4 Å². The van der Waals surface area contributed by atoms with Gasteiger partial charge < -0.3 is 0 Å². The summed E-state index contributed by atoms with van der Waals surface area (Å²) in [5, 5.41) is 14.5. The summed E-state index contributed by atoms with van der Waals surface area (Å²) in [4.78, 5) is 0. The van der Waals surface area contributed by atoms with Crippen LogP contribution in [0.1, 0.15) is 11.1 Å². The van der Waals surface area contributed by atoms with Gasteiger partial charge in [0.25, 0.3) is 0 Å². The van der Waals surface area contributed by atoms with E-state index in [0.29, 0.717) is 0 Å². The van der Waals surface area contributed by atoms with Crippen LogP contribution < -0.4 is 0 Å². The third-order valence-corrected chi connectivity index (χ3v) is 14.0. The van der Waals surface area contributed by atoms with Crippen LogP contribution in [-0.4, -0.2) is 29.9 Å². The molecule has 1 aliphatic rings. The van der Waals surface area contributed by atoms with Crippen molar-refractivity contribution in [1.29, 1.82) is 0 Å². The van der Waals surface area contributed by atoms with Crippen LogP contribution in [0, 0.1) is 0 Å². The first-order chi connectivity index (χ1) is 28.8. The van der Waals surface area contributed by atoms with E-state index >= 15 is 0 Å². The fourth-order valence-electron chi connectivity index (χ4n) is 8.98. The van der Waals surface area contributed by atoms with E-state index in [1.54, 1.807) is 6.20 Å².